The quantitative estimate of drug-likeness (QED) is 0.558. The first kappa shape index (κ1) is 11.8. The second-order valence-electron chi connectivity index (χ2n) is 3.72. The molecule has 0 radical (unpaired) electrons. The SMILES string of the molecule is CCCCCCNc1ccc(N)c(F)c1. The number of anilines is 2. The lowest BCUT2D eigenvalue weighted by atomic mass is 10.2. The van der Waals surface area contributed by atoms with Crippen molar-refractivity contribution >= 4 is 11.4 Å². The zero-order valence-electron chi connectivity index (χ0n) is 9.22. The topological polar surface area (TPSA) is 38.0 Å². The molecule has 15 heavy (non-hydrogen) atoms. The summed E-state index contributed by atoms with van der Waals surface area (Å²) in [5.41, 5.74) is 6.38. The highest BCUT2D eigenvalue weighted by molar-refractivity contribution is 5.52. The molecule has 0 aliphatic rings. The van der Waals surface area contributed by atoms with E-state index in [1.54, 1.807) is 12.1 Å². The number of hydrogen-bond acceptors (Lipinski definition) is 2. The van der Waals surface area contributed by atoms with Gasteiger partial charge in [0, 0.05) is 12.2 Å². The van der Waals surface area contributed by atoms with E-state index in [1.165, 1.54) is 25.3 Å². The Hall–Kier alpha value is -1.25. The predicted molar refractivity (Wildman–Crippen MR) is 63.4 cm³/mol. The van der Waals surface area contributed by atoms with Crippen LogP contribution >= 0.6 is 0 Å². The van der Waals surface area contributed by atoms with E-state index < -0.39 is 0 Å². The lowest BCUT2D eigenvalue weighted by Gasteiger charge is -2.06. The zero-order chi connectivity index (χ0) is 11.1. The Labute approximate surface area is 90.7 Å². The minimum Gasteiger partial charge on any atom is -0.396 e. The van der Waals surface area contributed by atoms with Crippen LogP contribution in [0.1, 0.15) is 32.6 Å². The van der Waals surface area contributed by atoms with Crippen molar-refractivity contribution in [2.45, 2.75) is 32.6 Å². The highest BCUT2D eigenvalue weighted by atomic mass is 19.1. The number of nitrogens with two attached hydrogens (primary N) is 1. The van der Waals surface area contributed by atoms with Gasteiger partial charge in [0.15, 0.2) is 0 Å². The Bertz CT molecular complexity index is 300. The molecule has 0 atom stereocenters. The molecule has 0 unspecified atom stereocenters. The second kappa shape index (κ2) is 6.27. The normalized spacial score (nSPS) is 10.3. The molecule has 0 aliphatic heterocycles. The van der Waals surface area contributed by atoms with Crippen LogP contribution in [0.25, 0.3) is 0 Å². The van der Waals surface area contributed by atoms with Crippen molar-refractivity contribution < 1.29 is 4.39 Å². The van der Waals surface area contributed by atoms with Gasteiger partial charge in [-0.1, -0.05) is 26.2 Å². The molecule has 0 saturated carbocycles. The maximum Gasteiger partial charge on any atom is 0.148 e. The second-order valence-corrected chi connectivity index (χ2v) is 3.72. The fourth-order valence-corrected chi connectivity index (χ4v) is 1.42. The molecule has 1 aromatic rings. The van der Waals surface area contributed by atoms with Gasteiger partial charge in [-0.15, -0.1) is 0 Å². The molecule has 0 amide bonds. The van der Waals surface area contributed by atoms with E-state index in [2.05, 4.69) is 12.2 Å². The Kier molecular flexibility index (Phi) is 4.95. The molecule has 84 valence electrons. The number of rotatable bonds is 6. The maximum absolute atomic E-state index is 13.0. The van der Waals surface area contributed by atoms with E-state index in [0.717, 1.165) is 18.7 Å². The molecule has 0 bridgehead atoms. The lowest BCUT2D eigenvalue weighted by Crippen LogP contribution is -2.02. The van der Waals surface area contributed by atoms with Gasteiger partial charge in [0.1, 0.15) is 5.82 Å². The highest BCUT2D eigenvalue weighted by Gasteiger charge is 1.98. The number of nitrogens with one attached hydrogen (secondary N) is 1. The third-order valence-electron chi connectivity index (χ3n) is 2.36. The molecule has 2 nitrogen and oxygen atoms in total. The third-order valence-corrected chi connectivity index (χ3v) is 2.36. The summed E-state index contributed by atoms with van der Waals surface area (Å²) >= 11 is 0. The van der Waals surface area contributed by atoms with Gasteiger partial charge in [0.2, 0.25) is 0 Å². The van der Waals surface area contributed by atoms with E-state index in [4.69, 9.17) is 5.73 Å². The van der Waals surface area contributed by atoms with E-state index in [1.807, 2.05) is 0 Å². The van der Waals surface area contributed by atoms with Gasteiger partial charge in [0.05, 0.1) is 5.69 Å². The fourth-order valence-electron chi connectivity index (χ4n) is 1.42. The number of unbranched alkanes of at least 4 members (excludes halogenated alkanes) is 3. The summed E-state index contributed by atoms with van der Waals surface area (Å²) in [7, 11) is 0. The van der Waals surface area contributed by atoms with Gasteiger partial charge in [-0.2, -0.15) is 0 Å². The van der Waals surface area contributed by atoms with Crippen LogP contribution in [0.3, 0.4) is 0 Å². The number of nitrogen functional groups attached to an aromatic ring is 1. The minimum absolute atomic E-state index is 0.200. The molecular formula is C12H19FN2. The summed E-state index contributed by atoms with van der Waals surface area (Å²) in [4.78, 5) is 0. The summed E-state index contributed by atoms with van der Waals surface area (Å²) in [6.45, 7) is 3.08. The van der Waals surface area contributed by atoms with Crippen molar-refractivity contribution in [3.8, 4) is 0 Å². The Morgan fingerprint density at radius 3 is 2.73 bits per heavy atom. The van der Waals surface area contributed by atoms with Crippen molar-refractivity contribution in [3.05, 3.63) is 24.0 Å². The Morgan fingerprint density at radius 2 is 2.07 bits per heavy atom. The first-order valence-electron chi connectivity index (χ1n) is 5.53. The smallest absolute Gasteiger partial charge is 0.148 e. The van der Waals surface area contributed by atoms with Crippen molar-refractivity contribution in [2.75, 3.05) is 17.6 Å². The lowest BCUT2D eigenvalue weighted by molar-refractivity contribution is 0.632. The molecule has 0 aliphatic carbocycles. The average molecular weight is 210 g/mol. The average Bonchev–Trinajstić information content (AvgIpc) is 2.23. The predicted octanol–water partition coefficient (Wildman–Crippen LogP) is 3.40. The van der Waals surface area contributed by atoms with Crippen molar-refractivity contribution in [3.63, 3.8) is 0 Å². The van der Waals surface area contributed by atoms with Gasteiger partial charge >= 0.3 is 0 Å². The van der Waals surface area contributed by atoms with Crippen LogP contribution < -0.4 is 11.1 Å². The van der Waals surface area contributed by atoms with Gasteiger partial charge in [-0.25, -0.2) is 4.39 Å². The molecule has 3 heteroatoms. The first-order chi connectivity index (χ1) is 7.24. The molecular weight excluding hydrogens is 191 g/mol. The summed E-state index contributed by atoms with van der Waals surface area (Å²) in [5.74, 6) is -0.353. The van der Waals surface area contributed by atoms with Gasteiger partial charge in [-0.3, -0.25) is 0 Å². The summed E-state index contributed by atoms with van der Waals surface area (Å²) < 4.78 is 13.0. The van der Waals surface area contributed by atoms with Crippen molar-refractivity contribution in [1.29, 1.82) is 0 Å². The molecule has 0 saturated heterocycles. The van der Waals surface area contributed by atoms with Crippen LogP contribution in [0, 0.1) is 5.82 Å². The minimum atomic E-state index is -0.353. The number of halogens is 1. The summed E-state index contributed by atoms with van der Waals surface area (Å²) in [6.07, 6.45) is 4.84. The standard InChI is InChI=1S/C12H19FN2/c1-2-3-4-5-8-15-10-6-7-12(14)11(13)9-10/h6-7,9,15H,2-5,8,14H2,1H3. The molecule has 1 rings (SSSR count). The Morgan fingerprint density at radius 1 is 1.27 bits per heavy atom. The van der Waals surface area contributed by atoms with E-state index in [0.29, 0.717) is 0 Å². The highest BCUT2D eigenvalue weighted by Crippen LogP contribution is 2.15. The molecule has 1 aromatic carbocycles. The van der Waals surface area contributed by atoms with Gasteiger partial charge in [-0.05, 0) is 24.6 Å². The largest absolute Gasteiger partial charge is 0.396 e. The van der Waals surface area contributed by atoms with Crippen molar-refractivity contribution in [2.24, 2.45) is 0 Å². The van der Waals surface area contributed by atoms with Crippen LogP contribution in [0.4, 0.5) is 15.8 Å². The van der Waals surface area contributed by atoms with Crippen LogP contribution in [-0.2, 0) is 0 Å². The van der Waals surface area contributed by atoms with Gasteiger partial charge < -0.3 is 11.1 Å². The van der Waals surface area contributed by atoms with E-state index in [-0.39, 0.29) is 11.5 Å². The summed E-state index contributed by atoms with van der Waals surface area (Å²) in [6, 6.07) is 4.83. The molecule has 0 aromatic heterocycles. The third kappa shape index (κ3) is 4.19. The number of hydrogen-bond donors (Lipinski definition) is 2. The molecule has 3 N–H and O–H groups in total. The fraction of sp³-hybridized carbons (Fsp3) is 0.500. The van der Waals surface area contributed by atoms with Crippen LogP contribution in [0.15, 0.2) is 18.2 Å². The first-order valence-corrected chi connectivity index (χ1v) is 5.53. The summed E-state index contributed by atoms with van der Waals surface area (Å²) in [5, 5.41) is 3.18. The van der Waals surface area contributed by atoms with E-state index in [9.17, 15) is 4.39 Å². The number of benzene rings is 1. The Balaban J connectivity index is 2.28. The molecule has 0 heterocycles. The molecule has 0 spiro atoms. The zero-order valence-corrected chi connectivity index (χ0v) is 9.22. The maximum atomic E-state index is 13.0. The van der Waals surface area contributed by atoms with E-state index >= 15 is 0 Å². The monoisotopic (exact) mass is 210 g/mol. The molecule has 0 fully saturated rings. The van der Waals surface area contributed by atoms with Crippen LogP contribution in [0.5, 0.6) is 0 Å². The van der Waals surface area contributed by atoms with Crippen LogP contribution in [0.2, 0.25) is 0 Å². The van der Waals surface area contributed by atoms with Crippen LogP contribution in [-0.4, -0.2) is 6.54 Å². The van der Waals surface area contributed by atoms with Crippen molar-refractivity contribution in [1.82, 2.24) is 0 Å². The van der Waals surface area contributed by atoms with Gasteiger partial charge in [0.25, 0.3) is 0 Å².